The van der Waals surface area contributed by atoms with Gasteiger partial charge in [0.1, 0.15) is 0 Å². The van der Waals surface area contributed by atoms with Gasteiger partial charge in [0, 0.05) is 32.2 Å². The molecule has 1 fully saturated rings. The second-order valence-corrected chi connectivity index (χ2v) is 6.17. The number of ether oxygens (including phenoxy) is 1. The highest BCUT2D eigenvalue weighted by molar-refractivity contribution is 4.87. The minimum Gasteiger partial charge on any atom is -0.396 e. The largest absolute Gasteiger partial charge is 0.396 e. The van der Waals surface area contributed by atoms with E-state index in [1.807, 2.05) is 7.05 Å². The van der Waals surface area contributed by atoms with Gasteiger partial charge in [0.25, 0.3) is 0 Å². The molecule has 0 saturated heterocycles. The van der Waals surface area contributed by atoms with Gasteiger partial charge in [-0.25, -0.2) is 0 Å². The molecule has 108 valence electrons. The lowest BCUT2D eigenvalue weighted by molar-refractivity contribution is 0.00286. The molecule has 0 amide bonds. The summed E-state index contributed by atoms with van der Waals surface area (Å²) < 4.78 is 4.94. The van der Waals surface area contributed by atoms with Crippen molar-refractivity contribution in [2.45, 2.75) is 38.7 Å². The quantitative estimate of drug-likeness (QED) is 0.719. The van der Waals surface area contributed by atoms with Crippen LogP contribution < -0.4 is 0 Å². The fraction of sp³-hybridized carbons (Fsp3) is 1.00. The highest BCUT2D eigenvalue weighted by Gasteiger charge is 2.35. The van der Waals surface area contributed by atoms with Gasteiger partial charge in [-0.05, 0) is 25.8 Å². The van der Waals surface area contributed by atoms with E-state index in [-0.39, 0.29) is 12.0 Å². The van der Waals surface area contributed by atoms with Gasteiger partial charge in [-0.15, -0.1) is 0 Å². The van der Waals surface area contributed by atoms with Gasteiger partial charge < -0.3 is 19.8 Å². The molecule has 4 nitrogen and oxygen atoms in total. The summed E-state index contributed by atoms with van der Waals surface area (Å²) in [6, 6.07) is 0. The highest BCUT2D eigenvalue weighted by atomic mass is 16.5. The molecule has 0 aromatic heterocycles. The molecule has 2 N–H and O–H groups in total. The topological polar surface area (TPSA) is 52.9 Å². The molecule has 0 heterocycles. The van der Waals surface area contributed by atoms with E-state index in [0.717, 1.165) is 19.4 Å². The van der Waals surface area contributed by atoms with Crippen molar-refractivity contribution >= 4 is 0 Å². The van der Waals surface area contributed by atoms with Crippen LogP contribution in [-0.4, -0.2) is 61.7 Å². The lowest BCUT2D eigenvalue weighted by atomic mass is 9.70. The molecule has 1 aliphatic carbocycles. The van der Waals surface area contributed by atoms with Crippen LogP contribution in [0.25, 0.3) is 0 Å². The van der Waals surface area contributed by atoms with Crippen molar-refractivity contribution in [3.63, 3.8) is 0 Å². The molecule has 0 aromatic carbocycles. The van der Waals surface area contributed by atoms with Gasteiger partial charge in [0.15, 0.2) is 0 Å². The maximum absolute atomic E-state index is 9.73. The molecule has 0 aromatic rings. The molecular weight excluding hydrogens is 230 g/mol. The van der Waals surface area contributed by atoms with Crippen molar-refractivity contribution in [3.8, 4) is 0 Å². The lowest BCUT2D eigenvalue weighted by Gasteiger charge is -2.41. The lowest BCUT2D eigenvalue weighted by Crippen LogP contribution is -2.44. The Labute approximate surface area is 111 Å². The zero-order valence-corrected chi connectivity index (χ0v) is 12.1. The van der Waals surface area contributed by atoms with Crippen LogP contribution in [0.3, 0.4) is 0 Å². The zero-order chi connectivity index (χ0) is 13.6. The molecule has 1 saturated carbocycles. The Bertz CT molecular complexity index is 237. The van der Waals surface area contributed by atoms with Crippen LogP contribution in [0.15, 0.2) is 0 Å². The number of methoxy groups -OCH3 is 1. The van der Waals surface area contributed by atoms with E-state index in [1.54, 1.807) is 7.11 Å². The third kappa shape index (κ3) is 4.84. The summed E-state index contributed by atoms with van der Waals surface area (Å²) in [7, 11) is 3.61. The summed E-state index contributed by atoms with van der Waals surface area (Å²) >= 11 is 0. The first-order chi connectivity index (χ1) is 8.51. The fourth-order valence-corrected chi connectivity index (χ4v) is 3.35. The number of likely N-dealkylation sites (N-methyl/N-ethyl adjacent to an activating group) is 1. The SMILES string of the molecule is COCC(O)CN(C)CC1(CO)CCCC(C)C1. The molecule has 0 bridgehead atoms. The number of hydrogen-bond acceptors (Lipinski definition) is 4. The molecule has 4 heteroatoms. The Kier molecular flexibility index (Phi) is 6.57. The number of aliphatic hydroxyl groups is 2. The molecule has 0 aliphatic heterocycles. The normalized spacial score (nSPS) is 30.7. The molecular formula is C14H29NO3. The molecule has 3 atom stereocenters. The van der Waals surface area contributed by atoms with E-state index < -0.39 is 6.10 Å². The molecule has 3 unspecified atom stereocenters. The van der Waals surface area contributed by atoms with E-state index in [9.17, 15) is 10.2 Å². The number of aliphatic hydroxyl groups excluding tert-OH is 2. The zero-order valence-electron chi connectivity index (χ0n) is 12.1. The Balaban J connectivity index is 2.46. The third-order valence-corrected chi connectivity index (χ3v) is 4.01. The van der Waals surface area contributed by atoms with E-state index in [2.05, 4.69) is 11.8 Å². The first-order valence-corrected chi connectivity index (χ1v) is 6.98. The van der Waals surface area contributed by atoms with Crippen molar-refractivity contribution in [1.29, 1.82) is 0 Å². The second-order valence-electron chi connectivity index (χ2n) is 6.17. The Morgan fingerprint density at radius 2 is 2.22 bits per heavy atom. The maximum Gasteiger partial charge on any atom is 0.0899 e. The first kappa shape index (κ1) is 15.9. The van der Waals surface area contributed by atoms with Crippen LogP contribution in [0, 0.1) is 11.3 Å². The van der Waals surface area contributed by atoms with E-state index in [4.69, 9.17) is 4.74 Å². The summed E-state index contributed by atoms with van der Waals surface area (Å²) in [5.74, 6) is 0.697. The van der Waals surface area contributed by atoms with Gasteiger partial charge in [-0.2, -0.15) is 0 Å². The predicted molar refractivity (Wildman–Crippen MR) is 72.5 cm³/mol. The minimum absolute atomic E-state index is 0.0270. The van der Waals surface area contributed by atoms with Crippen LogP contribution in [0.5, 0.6) is 0 Å². The predicted octanol–water partition coefficient (Wildman–Crippen LogP) is 1.11. The molecule has 0 spiro atoms. The Morgan fingerprint density at radius 1 is 1.50 bits per heavy atom. The first-order valence-electron chi connectivity index (χ1n) is 6.98. The van der Waals surface area contributed by atoms with Gasteiger partial charge in [-0.3, -0.25) is 0 Å². The summed E-state index contributed by atoms with van der Waals surface area (Å²) in [5, 5.41) is 19.5. The van der Waals surface area contributed by atoms with Gasteiger partial charge in [-0.1, -0.05) is 19.8 Å². The smallest absolute Gasteiger partial charge is 0.0899 e. The summed E-state index contributed by atoms with van der Waals surface area (Å²) in [6.45, 7) is 4.34. The number of rotatable bonds is 7. The van der Waals surface area contributed by atoms with Crippen LogP contribution in [-0.2, 0) is 4.74 Å². The third-order valence-electron chi connectivity index (χ3n) is 4.01. The van der Waals surface area contributed by atoms with Gasteiger partial charge in [0.05, 0.1) is 12.7 Å². The van der Waals surface area contributed by atoms with Crippen molar-refractivity contribution in [2.75, 3.05) is 40.5 Å². The minimum atomic E-state index is -0.447. The van der Waals surface area contributed by atoms with Crippen LogP contribution in [0.4, 0.5) is 0 Å². The van der Waals surface area contributed by atoms with Crippen molar-refractivity contribution < 1.29 is 14.9 Å². The average molecular weight is 259 g/mol. The van der Waals surface area contributed by atoms with Crippen LogP contribution in [0.2, 0.25) is 0 Å². The molecule has 0 radical (unpaired) electrons. The molecule has 1 rings (SSSR count). The average Bonchev–Trinajstić information content (AvgIpc) is 2.28. The number of nitrogens with zero attached hydrogens (tertiary/aromatic N) is 1. The monoisotopic (exact) mass is 259 g/mol. The second kappa shape index (κ2) is 7.43. The maximum atomic E-state index is 9.73. The van der Waals surface area contributed by atoms with E-state index in [0.29, 0.717) is 19.1 Å². The standard InChI is InChI=1S/C14H29NO3/c1-12-5-4-6-14(7-12,11-16)10-15(2)8-13(17)9-18-3/h12-13,16-17H,4-11H2,1-3H3. The molecule has 1 aliphatic rings. The van der Waals surface area contributed by atoms with E-state index >= 15 is 0 Å². The number of hydrogen-bond donors (Lipinski definition) is 2. The Morgan fingerprint density at radius 3 is 2.78 bits per heavy atom. The summed E-state index contributed by atoms with van der Waals surface area (Å²) in [5.41, 5.74) is 0.0270. The van der Waals surface area contributed by atoms with Crippen molar-refractivity contribution in [3.05, 3.63) is 0 Å². The Hall–Kier alpha value is -0.160. The van der Waals surface area contributed by atoms with Gasteiger partial charge >= 0.3 is 0 Å². The van der Waals surface area contributed by atoms with Gasteiger partial charge in [0.2, 0.25) is 0 Å². The van der Waals surface area contributed by atoms with Crippen molar-refractivity contribution in [1.82, 2.24) is 4.90 Å². The highest BCUT2D eigenvalue weighted by Crippen LogP contribution is 2.39. The van der Waals surface area contributed by atoms with Crippen molar-refractivity contribution in [2.24, 2.45) is 11.3 Å². The molecule has 18 heavy (non-hydrogen) atoms. The van der Waals surface area contributed by atoms with E-state index in [1.165, 1.54) is 12.8 Å². The summed E-state index contributed by atoms with van der Waals surface area (Å²) in [6.07, 6.45) is 4.22. The fourth-order valence-electron chi connectivity index (χ4n) is 3.35. The summed E-state index contributed by atoms with van der Waals surface area (Å²) in [4.78, 5) is 2.12. The van der Waals surface area contributed by atoms with Crippen LogP contribution in [0.1, 0.15) is 32.6 Å². The van der Waals surface area contributed by atoms with Crippen LogP contribution >= 0.6 is 0 Å².